The summed E-state index contributed by atoms with van der Waals surface area (Å²) in [5.41, 5.74) is 5.09. The zero-order valence-electron chi connectivity index (χ0n) is 8.68. The Labute approximate surface area is 97.5 Å². The molecular weight excluding hydrogens is 262 g/mol. The molecule has 8 heteroatoms. The van der Waals surface area contributed by atoms with Gasteiger partial charge in [0.25, 0.3) is 6.21 Å². The molecular formula is C10H6F6N2. The van der Waals surface area contributed by atoms with E-state index in [0.29, 0.717) is 12.1 Å². The molecule has 98 valence electrons. The van der Waals surface area contributed by atoms with Crippen molar-refractivity contribution in [2.75, 3.05) is 0 Å². The SMILES string of the molecule is [N-]=[N+]=CCc1cc(C(F)(F)F)cc(C(F)(F)F)c1. The van der Waals surface area contributed by atoms with Crippen LogP contribution in [0.1, 0.15) is 16.7 Å². The van der Waals surface area contributed by atoms with Gasteiger partial charge in [0.1, 0.15) is 0 Å². The molecule has 0 aliphatic carbocycles. The molecule has 0 aromatic heterocycles. The van der Waals surface area contributed by atoms with Crippen molar-refractivity contribution in [2.45, 2.75) is 18.8 Å². The number of hydrogen-bond acceptors (Lipinski definition) is 0. The summed E-state index contributed by atoms with van der Waals surface area (Å²) in [5.74, 6) is 0. The predicted octanol–water partition coefficient (Wildman–Crippen LogP) is 3.57. The van der Waals surface area contributed by atoms with Gasteiger partial charge in [0, 0.05) is 0 Å². The van der Waals surface area contributed by atoms with Gasteiger partial charge >= 0.3 is 12.4 Å². The third-order valence-corrected chi connectivity index (χ3v) is 2.06. The zero-order chi connectivity index (χ0) is 14.0. The van der Waals surface area contributed by atoms with E-state index < -0.39 is 23.5 Å². The first-order valence-electron chi connectivity index (χ1n) is 4.59. The van der Waals surface area contributed by atoms with Crippen LogP contribution in [0.5, 0.6) is 0 Å². The van der Waals surface area contributed by atoms with Crippen LogP contribution in [0, 0.1) is 0 Å². The van der Waals surface area contributed by atoms with E-state index in [1.165, 1.54) is 0 Å². The van der Waals surface area contributed by atoms with Gasteiger partial charge in [-0.15, -0.1) is 0 Å². The molecule has 0 unspecified atom stereocenters. The summed E-state index contributed by atoms with van der Waals surface area (Å²) < 4.78 is 74.4. The van der Waals surface area contributed by atoms with Crippen LogP contribution in [0.4, 0.5) is 26.3 Å². The van der Waals surface area contributed by atoms with Crippen molar-refractivity contribution in [3.8, 4) is 0 Å². The van der Waals surface area contributed by atoms with Crippen LogP contribution >= 0.6 is 0 Å². The second-order valence-corrected chi connectivity index (χ2v) is 3.42. The third-order valence-electron chi connectivity index (χ3n) is 2.06. The molecule has 0 radical (unpaired) electrons. The normalized spacial score (nSPS) is 12.1. The lowest BCUT2D eigenvalue weighted by molar-refractivity contribution is -0.143. The maximum atomic E-state index is 12.4. The van der Waals surface area contributed by atoms with Crippen molar-refractivity contribution >= 4 is 6.21 Å². The van der Waals surface area contributed by atoms with E-state index in [1.54, 1.807) is 0 Å². The highest BCUT2D eigenvalue weighted by atomic mass is 19.4. The minimum atomic E-state index is -4.87. The van der Waals surface area contributed by atoms with Crippen LogP contribution in [-0.2, 0) is 18.8 Å². The highest BCUT2D eigenvalue weighted by Crippen LogP contribution is 2.36. The minimum Gasteiger partial charge on any atom is -0.362 e. The molecule has 0 amide bonds. The summed E-state index contributed by atoms with van der Waals surface area (Å²) in [6.45, 7) is 0. The number of halogens is 6. The molecule has 0 heterocycles. The van der Waals surface area contributed by atoms with E-state index in [2.05, 4.69) is 4.79 Å². The molecule has 0 aliphatic rings. The Bertz CT molecular complexity index is 450. The van der Waals surface area contributed by atoms with E-state index in [9.17, 15) is 26.3 Å². The summed E-state index contributed by atoms with van der Waals surface area (Å²) >= 11 is 0. The average molecular weight is 268 g/mol. The topological polar surface area (TPSA) is 36.4 Å². The van der Waals surface area contributed by atoms with Crippen molar-refractivity contribution < 1.29 is 31.1 Å². The maximum Gasteiger partial charge on any atom is 0.416 e. The van der Waals surface area contributed by atoms with Gasteiger partial charge in [-0.25, -0.2) is 0 Å². The summed E-state index contributed by atoms with van der Waals surface area (Å²) in [6, 6.07) is 1.20. The third kappa shape index (κ3) is 3.59. The molecule has 0 saturated heterocycles. The Kier molecular flexibility index (Phi) is 3.81. The fourth-order valence-corrected chi connectivity index (χ4v) is 1.28. The van der Waals surface area contributed by atoms with E-state index in [4.69, 9.17) is 5.53 Å². The van der Waals surface area contributed by atoms with Crippen molar-refractivity contribution in [1.82, 2.24) is 0 Å². The number of alkyl halides is 6. The summed E-state index contributed by atoms with van der Waals surface area (Å²) in [7, 11) is 0. The molecule has 0 spiro atoms. The Morgan fingerprint density at radius 1 is 0.944 bits per heavy atom. The lowest BCUT2D eigenvalue weighted by Gasteiger charge is -2.13. The van der Waals surface area contributed by atoms with Crippen molar-refractivity contribution in [3.05, 3.63) is 40.4 Å². The van der Waals surface area contributed by atoms with Crippen molar-refractivity contribution in [2.24, 2.45) is 0 Å². The van der Waals surface area contributed by atoms with Gasteiger partial charge in [0.05, 0.1) is 17.5 Å². The molecule has 0 saturated carbocycles. The fraction of sp³-hybridized carbons (Fsp3) is 0.300. The monoisotopic (exact) mass is 268 g/mol. The molecule has 0 N–H and O–H groups in total. The minimum absolute atomic E-state index is 0.0413. The number of hydrogen-bond donors (Lipinski definition) is 0. The van der Waals surface area contributed by atoms with Gasteiger partial charge in [0.15, 0.2) is 0 Å². The highest BCUT2D eigenvalue weighted by Gasteiger charge is 2.36. The first-order valence-corrected chi connectivity index (χ1v) is 4.59. The first kappa shape index (κ1) is 14.2. The molecule has 1 rings (SSSR count). The van der Waals surface area contributed by atoms with Gasteiger partial charge in [-0.05, 0) is 23.8 Å². The molecule has 1 aromatic rings. The standard InChI is InChI=1S/C10H6F6N2/c11-9(12,13)7-3-6(1-2-18-17)4-8(5-7)10(14,15)16/h2-5H,1H2. The van der Waals surface area contributed by atoms with Crippen LogP contribution in [-0.4, -0.2) is 11.0 Å². The quantitative estimate of drug-likeness (QED) is 0.340. The maximum absolute atomic E-state index is 12.4. The highest BCUT2D eigenvalue weighted by molar-refractivity contribution is 5.56. The Balaban J connectivity index is 3.33. The molecule has 1 aromatic carbocycles. The molecule has 0 atom stereocenters. The van der Waals surface area contributed by atoms with Gasteiger partial charge < -0.3 is 5.53 Å². The predicted molar refractivity (Wildman–Crippen MR) is 49.8 cm³/mol. The summed E-state index contributed by atoms with van der Waals surface area (Å²) in [4.78, 5) is 2.53. The van der Waals surface area contributed by atoms with E-state index in [-0.39, 0.29) is 18.1 Å². The average Bonchev–Trinajstić information content (AvgIpc) is 2.23. The van der Waals surface area contributed by atoms with Crippen LogP contribution in [0.2, 0.25) is 0 Å². The molecule has 2 nitrogen and oxygen atoms in total. The number of rotatable bonds is 2. The van der Waals surface area contributed by atoms with E-state index >= 15 is 0 Å². The Morgan fingerprint density at radius 3 is 1.72 bits per heavy atom. The van der Waals surface area contributed by atoms with Crippen molar-refractivity contribution in [1.29, 1.82) is 0 Å². The zero-order valence-corrected chi connectivity index (χ0v) is 8.68. The van der Waals surface area contributed by atoms with E-state index in [1.807, 2.05) is 0 Å². The largest absolute Gasteiger partial charge is 0.416 e. The number of benzene rings is 1. The fourth-order valence-electron chi connectivity index (χ4n) is 1.28. The Morgan fingerprint density at radius 2 is 1.39 bits per heavy atom. The second kappa shape index (κ2) is 4.81. The van der Waals surface area contributed by atoms with Gasteiger partial charge in [-0.3, -0.25) is 0 Å². The van der Waals surface area contributed by atoms with Gasteiger partial charge in [-0.1, -0.05) is 0 Å². The lowest BCUT2D eigenvalue weighted by atomic mass is 10.0. The van der Waals surface area contributed by atoms with Gasteiger partial charge in [-0.2, -0.15) is 31.1 Å². The molecule has 0 bridgehead atoms. The molecule has 18 heavy (non-hydrogen) atoms. The second-order valence-electron chi connectivity index (χ2n) is 3.42. The van der Waals surface area contributed by atoms with Crippen LogP contribution in [0.25, 0.3) is 5.53 Å². The van der Waals surface area contributed by atoms with Crippen LogP contribution in [0.15, 0.2) is 18.2 Å². The molecule has 0 aliphatic heterocycles. The number of nitrogens with zero attached hydrogens (tertiary/aromatic N) is 2. The lowest BCUT2D eigenvalue weighted by Crippen LogP contribution is -2.12. The summed E-state index contributed by atoms with van der Waals surface area (Å²) in [5, 5.41) is 0. The first-order chi connectivity index (χ1) is 8.14. The van der Waals surface area contributed by atoms with Crippen LogP contribution < -0.4 is 0 Å². The van der Waals surface area contributed by atoms with E-state index in [0.717, 1.165) is 6.21 Å². The smallest absolute Gasteiger partial charge is 0.362 e. The van der Waals surface area contributed by atoms with Crippen molar-refractivity contribution in [3.63, 3.8) is 0 Å². The molecule has 0 fully saturated rings. The Hall–Kier alpha value is -1.82. The van der Waals surface area contributed by atoms with Gasteiger partial charge in [0.2, 0.25) is 0 Å². The summed E-state index contributed by atoms with van der Waals surface area (Å²) in [6.07, 6.45) is -9.27. The van der Waals surface area contributed by atoms with Crippen LogP contribution in [0.3, 0.4) is 0 Å².